The molecule has 0 aliphatic carbocycles. The van der Waals surface area contributed by atoms with Crippen LogP contribution in [0.5, 0.6) is 0 Å². The number of rotatable bonds is 12. The fourth-order valence-electron chi connectivity index (χ4n) is 5.08. The van der Waals surface area contributed by atoms with Crippen molar-refractivity contribution in [1.29, 1.82) is 0 Å². The minimum atomic E-state index is -0.698. The predicted octanol–water partition coefficient (Wildman–Crippen LogP) is 7.11. The number of nitrogens with zero attached hydrogens (tertiary/aromatic N) is 1. The van der Waals surface area contributed by atoms with Crippen LogP contribution in [0.3, 0.4) is 0 Å². The first-order valence-corrected chi connectivity index (χ1v) is 14.2. The number of carbonyl (C=O) groups is 2. The molecule has 210 valence electrons. The van der Waals surface area contributed by atoms with Crippen molar-refractivity contribution < 1.29 is 9.59 Å². The molecule has 41 heavy (non-hydrogen) atoms. The number of allylic oxidation sites excluding steroid dienone is 1. The minimum absolute atomic E-state index is 0.0422. The van der Waals surface area contributed by atoms with E-state index in [-0.39, 0.29) is 11.6 Å². The van der Waals surface area contributed by atoms with E-state index in [1.807, 2.05) is 118 Å². The van der Waals surface area contributed by atoms with Crippen molar-refractivity contribution in [2.45, 2.75) is 52.4 Å². The summed E-state index contributed by atoms with van der Waals surface area (Å²) in [6.45, 7) is 6.73. The fraction of sp³-hybridized carbons (Fsp3) is 0.243. The topological polar surface area (TPSA) is 63.4 Å². The van der Waals surface area contributed by atoms with Crippen LogP contribution in [-0.2, 0) is 29.1 Å². The van der Waals surface area contributed by atoms with E-state index in [9.17, 15) is 9.59 Å². The standard InChI is InChI=1S/C37H40N2O2/c1-37(2,3)36(41)32(24-28-16-8-4-9-17-28)25-33(40)35(34(38)31-22-14-7-15-23-31)39(26-29-18-10-5-11-19-29)27-30-20-12-6-13-21-30/h4-23,25,34-35H,24,26-27,38H2,1-3H3/t34?,35-/m1/s1. The van der Waals surface area contributed by atoms with Gasteiger partial charge in [0.05, 0.1) is 12.1 Å². The maximum absolute atomic E-state index is 14.5. The van der Waals surface area contributed by atoms with Gasteiger partial charge in [-0.2, -0.15) is 0 Å². The summed E-state index contributed by atoms with van der Waals surface area (Å²) in [6, 6.07) is 38.5. The van der Waals surface area contributed by atoms with Crippen LogP contribution < -0.4 is 5.73 Å². The van der Waals surface area contributed by atoms with Crippen molar-refractivity contribution >= 4 is 11.6 Å². The molecule has 0 amide bonds. The first kappa shape index (κ1) is 29.9. The number of hydrogen-bond donors (Lipinski definition) is 1. The van der Waals surface area contributed by atoms with Crippen LogP contribution >= 0.6 is 0 Å². The second-order valence-electron chi connectivity index (χ2n) is 11.6. The molecule has 0 aliphatic rings. The molecule has 2 N–H and O–H groups in total. The van der Waals surface area contributed by atoms with E-state index in [0.29, 0.717) is 25.1 Å². The van der Waals surface area contributed by atoms with Crippen LogP contribution in [0.2, 0.25) is 0 Å². The average Bonchev–Trinajstić information content (AvgIpc) is 2.98. The van der Waals surface area contributed by atoms with Gasteiger partial charge in [-0.25, -0.2) is 0 Å². The summed E-state index contributed by atoms with van der Waals surface area (Å²) < 4.78 is 0. The minimum Gasteiger partial charge on any atom is -0.322 e. The van der Waals surface area contributed by atoms with Gasteiger partial charge in [0.15, 0.2) is 11.6 Å². The fourth-order valence-corrected chi connectivity index (χ4v) is 5.08. The molecule has 0 radical (unpaired) electrons. The molecule has 0 saturated carbocycles. The number of nitrogens with two attached hydrogens (primary N) is 1. The highest BCUT2D eigenvalue weighted by molar-refractivity contribution is 6.06. The van der Waals surface area contributed by atoms with Crippen LogP contribution in [0.4, 0.5) is 0 Å². The highest BCUT2D eigenvalue weighted by Gasteiger charge is 2.34. The van der Waals surface area contributed by atoms with Crippen LogP contribution in [0.15, 0.2) is 133 Å². The summed E-state index contributed by atoms with van der Waals surface area (Å²) in [6.07, 6.45) is 1.95. The zero-order valence-corrected chi connectivity index (χ0v) is 24.2. The molecule has 0 bridgehead atoms. The number of ketones is 2. The van der Waals surface area contributed by atoms with Crippen LogP contribution in [0.1, 0.15) is 49.1 Å². The van der Waals surface area contributed by atoms with Crippen molar-refractivity contribution in [3.05, 3.63) is 155 Å². The molecule has 0 aromatic heterocycles. The Kier molecular flexibility index (Phi) is 10.2. The van der Waals surface area contributed by atoms with Crippen LogP contribution in [0, 0.1) is 5.41 Å². The van der Waals surface area contributed by atoms with Gasteiger partial charge >= 0.3 is 0 Å². The molecule has 0 spiro atoms. The Morgan fingerprint density at radius 3 is 1.54 bits per heavy atom. The molecular weight excluding hydrogens is 504 g/mol. The van der Waals surface area contributed by atoms with Crippen LogP contribution in [0.25, 0.3) is 0 Å². The Bertz CT molecular complexity index is 1380. The molecule has 4 nitrogen and oxygen atoms in total. The zero-order valence-electron chi connectivity index (χ0n) is 24.2. The van der Waals surface area contributed by atoms with Crippen molar-refractivity contribution in [3.8, 4) is 0 Å². The summed E-state index contributed by atoms with van der Waals surface area (Å²) in [5, 5.41) is 0. The maximum atomic E-state index is 14.5. The van der Waals surface area contributed by atoms with E-state index in [2.05, 4.69) is 29.2 Å². The summed E-state index contributed by atoms with van der Waals surface area (Å²) in [7, 11) is 0. The van der Waals surface area contributed by atoms with E-state index in [4.69, 9.17) is 5.73 Å². The number of carbonyl (C=O) groups excluding carboxylic acids is 2. The van der Waals surface area contributed by atoms with E-state index >= 15 is 0 Å². The van der Waals surface area contributed by atoms with Crippen molar-refractivity contribution in [1.82, 2.24) is 4.90 Å². The lowest BCUT2D eigenvalue weighted by Crippen LogP contribution is -2.47. The molecular formula is C37H40N2O2. The lowest BCUT2D eigenvalue weighted by atomic mass is 9.83. The lowest BCUT2D eigenvalue weighted by molar-refractivity contribution is -0.124. The summed E-state index contributed by atoms with van der Waals surface area (Å²) >= 11 is 0. The second-order valence-corrected chi connectivity index (χ2v) is 11.6. The van der Waals surface area contributed by atoms with Crippen LogP contribution in [-0.4, -0.2) is 22.5 Å². The first-order chi connectivity index (χ1) is 19.7. The molecule has 4 heteroatoms. The zero-order chi connectivity index (χ0) is 29.2. The summed E-state index contributed by atoms with van der Waals surface area (Å²) in [5.41, 5.74) is 10.9. The lowest BCUT2D eigenvalue weighted by Gasteiger charge is -2.35. The number of hydrogen-bond acceptors (Lipinski definition) is 4. The van der Waals surface area contributed by atoms with Crippen molar-refractivity contribution in [2.75, 3.05) is 0 Å². The van der Waals surface area contributed by atoms with E-state index in [1.165, 1.54) is 0 Å². The second kappa shape index (κ2) is 14.0. The van der Waals surface area contributed by atoms with Gasteiger partial charge in [-0.15, -0.1) is 0 Å². The summed E-state index contributed by atoms with van der Waals surface area (Å²) in [4.78, 5) is 30.3. The Hall–Kier alpha value is -4.12. The average molecular weight is 545 g/mol. The third-order valence-electron chi connectivity index (χ3n) is 7.19. The first-order valence-electron chi connectivity index (χ1n) is 14.2. The van der Waals surface area contributed by atoms with E-state index in [1.54, 1.807) is 6.08 Å². The predicted molar refractivity (Wildman–Crippen MR) is 167 cm³/mol. The molecule has 0 saturated heterocycles. The van der Waals surface area contributed by atoms with Gasteiger partial charge in [-0.05, 0) is 28.3 Å². The highest BCUT2D eigenvalue weighted by Crippen LogP contribution is 2.27. The third kappa shape index (κ3) is 8.43. The van der Waals surface area contributed by atoms with Gasteiger partial charge in [0.2, 0.25) is 0 Å². The molecule has 4 aromatic rings. The van der Waals surface area contributed by atoms with Gasteiger partial charge in [0.1, 0.15) is 0 Å². The monoisotopic (exact) mass is 544 g/mol. The van der Waals surface area contributed by atoms with Gasteiger partial charge < -0.3 is 5.73 Å². The van der Waals surface area contributed by atoms with Gasteiger partial charge in [-0.3, -0.25) is 14.5 Å². The Morgan fingerprint density at radius 2 is 1.10 bits per heavy atom. The molecule has 1 unspecified atom stereocenters. The molecule has 0 heterocycles. The number of Topliss-reactive ketones (excluding diaryl/α,β-unsaturated/α-hetero) is 1. The summed E-state index contributed by atoms with van der Waals surface area (Å²) in [5.74, 6) is -0.212. The van der Waals surface area contributed by atoms with Gasteiger partial charge in [0, 0.05) is 30.5 Å². The smallest absolute Gasteiger partial charge is 0.175 e. The quantitative estimate of drug-likeness (QED) is 0.193. The molecule has 2 atom stereocenters. The number of benzene rings is 4. The largest absolute Gasteiger partial charge is 0.322 e. The Balaban J connectivity index is 1.81. The van der Waals surface area contributed by atoms with Crippen molar-refractivity contribution in [3.63, 3.8) is 0 Å². The van der Waals surface area contributed by atoms with Gasteiger partial charge in [0.25, 0.3) is 0 Å². The van der Waals surface area contributed by atoms with E-state index < -0.39 is 17.5 Å². The highest BCUT2D eigenvalue weighted by atomic mass is 16.1. The van der Waals surface area contributed by atoms with Gasteiger partial charge in [-0.1, -0.05) is 142 Å². The SMILES string of the molecule is CC(C)(C)C(=O)C(=CC(=O)[C@H](C(N)c1ccccc1)N(Cc1ccccc1)Cc1ccccc1)Cc1ccccc1. The molecule has 0 fully saturated rings. The molecule has 4 rings (SSSR count). The molecule has 4 aromatic carbocycles. The normalized spacial score (nSPS) is 13.5. The maximum Gasteiger partial charge on any atom is 0.175 e. The van der Waals surface area contributed by atoms with Crippen molar-refractivity contribution in [2.24, 2.45) is 11.1 Å². The van der Waals surface area contributed by atoms with E-state index in [0.717, 1.165) is 22.3 Å². The Labute approximate surface area is 244 Å². The third-order valence-corrected chi connectivity index (χ3v) is 7.19. The molecule has 0 aliphatic heterocycles. The Morgan fingerprint density at radius 1 is 0.683 bits per heavy atom.